The van der Waals surface area contributed by atoms with Crippen LogP contribution < -0.4 is 0 Å². The molecular formula is C23H26. The lowest BCUT2D eigenvalue weighted by Gasteiger charge is -2.14. The van der Waals surface area contributed by atoms with Gasteiger partial charge in [0.25, 0.3) is 0 Å². The minimum absolute atomic E-state index is 1.17. The van der Waals surface area contributed by atoms with Crippen LogP contribution in [0.5, 0.6) is 0 Å². The first-order valence-electron chi connectivity index (χ1n) is 8.38. The molecule has 0 radical (unpaired) electrons. The normalized spacial score (nSPS) is 14.3. The minimum atomic E-state index is 1.17. The van der Waals surface area contributed by atoms with E-state index in [4.69, 9.17) is 0 Å². The Balaban J connectivity index is 0.000000125. The highest BCUT2D eigenvalue weighted by Gasteiger charge is 2.20. The monoisotopic (exact) mass is 302 g/mol. The maximum Gasteiger partial charge on any atom is -0.0263 e. The molecule has 0 spiro atoms. The van der Waals surface area contributed by atoms with Gasteiger partial charge in [-0.3, -0.25) is 0 Å². The molecule has 0 nitrogen and oxygen atoms in total. The van der Waals surface area contributed by atoms with Crippen LogP contribution in [0.3, 0.4) is 0 Å². The molecule has 0 aliphatic heterocycles. The van der Waals surface area contributed by atoms with Crippen molar-refractivity contribution in [3.63, 3.8) is 0 Å². The van der Waals surface area contributed by atoms with E-state index in [1.54, 1.807) is 11.1 Å². The van der Waals surface area contributed by atoms with E-state index in [-0.39, 0.29) is 0 Å². The quantitative estimate of drug-likeness (QED) is 0.528. The second-order valence-corrected chi connectivity index (χ2v) is 5.79. The molecule has 23 heavy (non-hydrogen) atoms. The maximum atomic E-state index is 3.63. The molecule has 0 atom stereocenters. The van der Waals surface area contributed by atoms with Crippen LogP contribution in [0.25, 0.3) is 12.2 Å². The Bertz CT molecular complexity index is 577. The molecule has 4 rings (SSSR count). The van der Waals surface area contributed by atoms with Gasteiger partial charge in [0, 0.05) is 0 Å². The Labute approximate surface area is 140 Å². The molecule has 2 aliphatic rings. The van der Waals surface area contributed by atoms with Crippen LogP contribution >= 0.6 is 0 Å². The van der Waals surface area contributed by atoms with E-state index >= 15 is 0 Å². The Morgan fingerprint density at radius 3 is 1.13 bits per heavy atom. The first kappa shape index (κ1) is 17.0. The number of rotatable bonds is 2. The summed E-state index contributed by atoms with van der Waals surface area (Å²) in [5, 5.41) is 0. The van der Waals surface area contributed by atoms with Crippen molar-refractivity contribution in [2.24, 2.45) is 0 Å². The van der Waals surface area contributed by atoms with E-state index in [0.29, 0.717) is 0 Å². The molecule has 0 unspecified atom stereocenters. The molecule has 0 heterocycles. The molecule has 0 saturated heterocycles. The van der Waals surface area contributed by atoms with Gasteiger partial charge >= 0.3 is 0 Å². The summed E-state index contributed by atoms with van der Waals surface area (Å²) in [5.74, 6) is 0. The lowest BCUT2D eigenvalue weighted by Crippen LogP contribution is -1.95. The van der Waals surface area contributed by atoms with Crippen LogP contribution in [0, 0.1) is 0 Å². The van der Waals surface area contributed by atoms with Crippen LogP contribution in [0.15, 0.2) is 85.0 Å². The average Bonchev–Trinajstić information content (AvgIpc) is 3.41. The fourth-order valence-corrected chi connectivity index (χ4v) is 2.30. The Morgan fingerprint density at radius 1 is 0.565 bits per heavy atom. The van der Waals surface area contributed by atoms with E-state index in [9.17, 15) is 0 Å². The molecule has 2 aromatic rings. The molecule has 118 valence electrons. The van der Waals surface area contributed by atoms with Gasteiger partial charge in [0.15, 0.2) is 0 Å². The van der Waals surface area contributed by atoms with Crippen LogP contribution in [0.2, 0.25) is 0 Å². The Kier molecular flexibility index (Phi) is 7.13. The largest absolute Gasteiger partial charge is 0.0985 e. The van der Waals surface area contributed by atoms with Crippen molar-refractivity contribution in [1.29, 1.82) is 0 Å². The summed E-state index contributed by atoms with van der Waals surface area (Å²) in [6, 6.07) is 20.1. The number of hydrogen-bond acceptors (Lipinski definition) is 0. The summed E-state index contributed by atoms with van der Waals surface area (Å²) in [4.78, 5) is 0. The second kappa shape index (κ2) is 9.63. The van der Waals surface area contributed by atoms with Crippen LogP contribution in [0.1, 0.15) is 43.2 Å². The van der Waals surface area contributed by atoms with Crippen LogP contribution in [-0.4, -0.2) is 0 Å². The zero-order valence-electron chi connectivity index (χ0n) is 13.9. The molecular weight excluding hydrogens is 276 g/mol. The summed E-state index contributed by atoms with van der Waals surface area (Å²) in [6.45, 7) is 7.26. The third-order valence-corrected chi connectivity index (χ3v) is 4.03. The number of benzene rings is 2. The van der Waals surface area contributed by atoms with Crippen molar-refractivity contribution < 1.29 is 0 Å². The van der Waals surface area contributed by atoms with Gasteiger partial charge in [0.2, 0.25) is 0 Å². The van der Waals surface area contributed by atoms with Gasteiger partial charge in [0.05, 0.1) is 0 Å². The smallest absolute Gasteiger partial charge is 0.0263 e. The van der Waals surface area contributed by atoms with Gasteiger partial charge in [-0.2, -0.15) is 0 Å². The first-order chi connectivity index (χ1) is 11.3. The zero-order chi connectivity index (χ0) is 16.3. The summed E-state index contributed by atoms with van der Waals surface area (Å²) in [7, 11) is 0. The van der Waals surface area contributed by atoms with E-state index in [2.05, 4.69) is 13.2 Å². The lowest BCUT2D eigenvalue weighted by atomic mass is 9.92. The minimum Gasteiger partial charge on any atom is -0.0985 e. The fraction of sp³-hybridized carbons (Fsp3) is 0.217. The predicted molar refractivity (Wildman–Crippen MR) is 103 cm³/mol. The van der Waals surface area contributed by atoms with Gasteiger partial charge in [-0.15, -0.1) is 0 Å². The van der Waals surface area contributed by atoms with Crippen molar-refractivity contribution in [3.05, 3.63) is 96.1 Å². The fourth-order valence-electron chi connectivity index (χ4n) is 2.30. The van der Waals surface area contributed by atoms with Crippen molar-refractivity contribution in [3.8, 4) is 0 Å². The van der Waals surface area contributed by atoms with Gasteiger partial charge in [-0.1, -0.05) is 97.1 Å². The lowest BCUT2D eigenvalue weighted by molar-refractivity contribution is 0.658. The maximum absolute atomic E-state index is 3.63. The molecule has 0 N–H and O–H groups in total. The molecule has 2 aromatic carbocycles. The third-order valence-electron chi connectivity index (χ3n) is 4.03. The van der Waals surface area contributed by atoms with Crippen LogP contribution in [-0.2, 0) is 0 Å². The van der Waals surface area contributed by atoms with Crippen LogP contribution in [0.4, 0.5) is 0 Å². The molecule has 2 fully saturated rings. The molecule has 2 aliphatic carbocycles. The number of allylic oxidation sites excluding steroid dienone is 2. The topological polar surface area (TPSA) is 0 Å². The molecule has 2 saturated carbocycles. The summed E-state index contributed by atoms with van der Waals surface area (Å²) < 4.78 is 0. The van der Waals surface area contributed by atoms with E-state index in [1.165, 1.54) is 43.2 Å². The zero-order valence-corrected chi connectivity index (χ0v) is 13.9. The summed E-state index contributed by atoms with van der Waals surface area (Å²) in [5.41, 5.74) is 5.95. The standard InChI is InChI=1S/2C8H8.C7H10/c2*1-2-8-6-4-3-5-7-8;1-2-6(3-1)7-4-5-7/h2*2-7H,1H2;1-5H2. The number of hydrogen-bond donors (Lipinski definition) is 0. The Morgan fingerprint density at radius 2 is 0.957 bits per heavy atom. The van der Waals surface area contributed by atoms with Gasteiger partial charge in [-0.05, 0) is 43.2 Å². The Hall–Kier alpha value is -2.34. The van der Waals surface area contributed by atoms with Gasteiger partial charge in [0.1, 0.15) is 0 Å². The van der Waals surface area contributed by atoms with E-state index in [0.717, 1.165) is 0 Å². The first-order valence-corrected chi connectivity index (χ1v) is 8.38. The van der Waals surface area contributed by atoms with Crippen molar-refractivity contribution in [1.82, 2.24) is 0 Å². The van der Waals surface area contributed by atoms with Gasteiger partial charge in [-0.25, -0.2) is 0 Å². The third kappa shape index (κ3) is 6.52. The van der Waals surface area contributed by atoms with E-state index in [1.807, 2.05) is 72.8 Å². The molecule has 0 heteroatoms. The SMILES string of the molecule is C1CC(=C2CC2)C1.C=Cc1ccccc1.C=Cc1ccccc1. The highest BCUT2D eigenvalue weighted by molar-refractivity contribution is 5.46. The molecule has 0 bridgehead atoms. The molecule has 0 amide bonds. The highest BCUT2D eigenvalue weighted by atomic mass is 14.3. The predicted octanol–water partition coefficient (Wildman–Crippen LogP) is 6.92. The average molecular weight is 302 g/mol. The van der Waals surface area contributed by atoms with E-state index < -0.39 is 0 Å². The van der Waals surface area contributed by atoms with Crippen molar-refractivity contribution in [2.45, 2.75) is 32.1 Å². The summed E-state index contributed by atoms with van der Waals surface area (Å²) in [6.07, 6.45) is 10.9. The highest BCUT2D eigenvalue weighted by Crippen LogP contribution is 2.40. The second-order valence-electron chi connectivity index (χ2n) is 5.79. The molecule has 0 aromatic heterocycles. The van der Waals surface area contributed by atoms with Gasteiger partial charge < -0.3 is 0 Å². The van der Waals surface area contributed by atoms with Crippen molar-refractivity contribution in [2.75, 3.05) is 0 Å². The summed E-state index contributed by atoms with van der Waals surface area (Å²) >= 11 is 0. The van der Waals surface area contributed by atoms with Crippen molar-refractivity contribution >= 4 is 12.2 Å².